The first kappa shape index (κ1) is 27.4. The number of fused-ring (bicyclic) bond motifs is 1. The molecule has 35 heavy (non-hydrogen) atoms. The molecule has 3 amide bonds. The van der Waals surface area contributed by atoms with Crippen molar-refractivity contribution in [2.45, 2.75) is 75.8 Å². The fraction of sp³-hybridized carbons (Fsp3) is 0.704. The summed E-state index contributed by atoms with van der Waals surface area (Å²) in [7, 11) is 5.37. The Balaban J connectivity index is 1.64. The molecule has 2 atom stereocenters. The summed E-state index contributed by atoms with van der Waals surface area (Å²) in [5.74, 6) is 0.133. The lowest BCUT2D eigenvalue weighted by Gasteiger charge is -2.33. The number of amides is 3. The number of carbonyl (C=O) groups is 2. The van der Waals surface area contributed by atoms with Crippen LogP contribution in [0.1, 0.15) is 80.1 Å². The Kier molecular flexibility index (Phi) is 10.3. The predicted octanol–water partition coefficient (Wildman–Crippen LogP) is 4.17. The van der Waals surface area contributed by atoms with Crippen LogP contribution in [0.2, 0.25) is 0 Å². The fourth-order valence-corrected chi connectivity index (χ4v) is 5.66. The zero-order valence-corrected chi connectivity index (χ0v) is 21.6. The van der Waals surface area contributed by atoms with Gasteiger partial charge in [0.1, 0.15) is 5.82 Å². The maximum Gasteiger partial charge on any atom is 0.317 e. The summed E-state index contributed by atoms with van der Waals surface area (Å²) in [6, 6.07) is 4.33. The minimum Gasteiger partial charge on any atom is -0.385 e. The molecule has 1 aliphatic heterocycles. The second kappa shape index (κ2) is 13.2. The average molecular weight is 491 g/mol. The molecule has 1 fully saturated rings. The van der Waals surface area contributed by atoms with E-state index in [9.17, 15) is 14.0 Å². The Labute approximate surface area is 209 Å². The number of nitrogens with one attached hydrogen (secondary N) is 3. The third kappa shape index (κ3) is 7.40. The molecule has 196 valence electrons. The summed E-state index contributed by atoms with van der Waals surface area (Å²) in [5, 5.41) is 9.55. The molecule has 1 saturated carbocycles. The number of halogens is 1. The number of hydrogen-bond acceptors (Lipinski definition) is 4. The van der Waals surface area contributed by atoms with Gasteiger partial charge < -0.3 is 25.6 Å². The molecule has 0 unspecified atom stereocenters. The van der Waals surface area contributed by atoms with Gasteiger partial charge in [-0.2, -0.15) is 0 Å². The largest absolute Gasteiger partial charge is 0.385 e. The molecule has 0 aromatic heterocycles. The first-order chi connectivity index (χ1) is 16.9. The third-order valence-corrected chi connectivity index (χ3v) is 7.64. The topological polar surface area (TPSA) is 82.7 Å². The summed E-state index contributed by atoms with van der Waals surface area (Å²) < 4.78 is 19.3. The first-order valence-electron chi connectivity index (χ1n) is 13.2. The van der Waals surface area contributed by atoms with Crippen molar-refractivity contribution in [3.05, 3.63) is 35.1 Å². The van der Waals surface area contributed by atoms with Crippen molar-refractivity contribution in [2.75, 3.05) is 40.9 Å². The summed E-state index contributed by atoms with van der Waals surface area (Å²) in [4.78, 5) is 27.5. The number of unbranched alkanes of at least 4 members (excludes halogenated alkanes) is 1. The zero-order valence-electron chi connectivity index (χ0n) is 21.6. The van der Waals surface area contributed by atoms with Crippen molar-refractivity contribution in [2.24, 2.45) is 5.92 Å². The van der Waals surface area contributed by atoms with E-state index in [0.717, 1.165) is 25.8 Å². The Hall–Kier alpha value is -2.19. The summed E-state index contributed by atoms with van der Waals surface area (Å²) >= 11 is 0. The summed E-state index contributed by atoms with van der Waals surface area (Å²) in [6.07, 6.45) is 10.2. The van der Waals surface area contributed by atoms with Gasteiger partial charge >= 0.3 is 6.03 Å². The van der Waals surface area contributed by atoms with E-state index in [0.29, 0.717) is 43.0 Å². The van der Waals surface area contributed by atoms with Crippen LogP contribution in [0.4, 0.5) is 9.18 Å². The number of nitrogens with zero attached hydrogens (tertiary/aromatic N) is 1. The van der Waals surface area contributed by atoms with E-state index in [-0.39, 0.29) is 23.8 Å². The van der Waals surface area contributed by atoms with E-state index in [1.807, 2.05) is 7.05 Å². The maximum absolute atomic E-state index is 14.2. The number of urea groups is 1. The van der Waals surface area contributed by atoms with E-state index in [1.54, 1.807) is 25.1 Å². The highest BCUT2D eigenvalue weighted by atomic mass is 19.1. The van der Waals surface area contributed by atoms with Crippen LogP contribution in [0, 0.1) is 11.7 Å². The standard InChI is InChI=1S/C27H43FN4O3/c1-29-19-22(17-20-9-5-4-6-10-20)30-26(34)32(2)15-14-27(13-7-8-16-35-3)24-18-21(28)11-12-23(24)25(33)31-27/h11-12,18,20,22,29H,4-10,13-17,19H2,1-3H3,(H,30,34)(H,31,33)/t22-,27+/m0/s1. The van der Waals surface area contributed by atoms with E-state index >= 15 is 0 Å². The monoisotopic (exact) mass is 490 g/mol. The molecule has 0 saturated heterocycles. The molecule has 1 aromatic carbocycles. The van der Waals surface area contributed by atoms with Gasteiger partial charge in [0.15, 0.2) is 0 Å². The summed E-state index contributed by atoms with van der Waals surface area (Å²) in [6.45, 7) is 1.82. The molecule has 0 spiro atoms. The minimum atomic E-state index is -0.691. The molecule has 3 rings (SSSR count). The van der Waals surface area contributed by atoms with Crippen LogP contribution in [0.5, 0.6) is 0 Å². The van der Waals surface area contributed by atoms with Gasteiger partial charge in [0.05, 0.1) is 5.54 Å². The Morgan fingerprint density at radius 2 is 2.03 bits per heavy atom. The molecule has 8 heteroatoms. The number of likely N-dealkylation sites (N-methyl/N-ethyl adjacent to an activating group) is 1. The Bertz CT molecular complexity index is 846. The molecule has 2 aliphatic rings. The van der Waals surface area contributed by atoms with Crippen LogP contribution < -0.4 is 16.0 Å². The van der Waals surface area contributed by atoms with Crippen LogP contribution in [-0.4, -0.2) is 63.8 Å². The lowest BCUT2D eigenvalue weighted by atomic mass is 9.82. The average Bonchev–Trinajstić information content (AvgIpc) is 3.12. The fourth-order valence-electron chi connectivity index (χ4n) is 5.66. The Morgan fingerprint density at radius 1 is 1.26 bits per heavy atom. The van der Waals surface area contributed by atoms with Crippen molar-refractivity contribution >= 4 is 11.9 Å². The number of ether oxygens (including phenoxy) is 1. The van der Waals surface area contributed by atoms with E-state index in [4.69, 9.17) is 4.74 Å². The van der Waals surface area contributed by atoms with E-state index in [1.165, 1.54) is 44.2 Å². The lowest BCUT2D eigenvalue weighted by Crippen LogP contribution is -2.49. The van der Waals surface area contributed by atoms with Crippen molar-refractivity contribution in [1.29, 1.82) is 0 Å². The molecule has 1 aromatic rings. The second-order valence-electron chi connectivity index (χ2n) is 10.3. The normalized spacial score (nSPS) is 20.9. The van der Waals surface area contributed by atoms with Gasteiger partial charge in [-0.1, -0.05) is 32.1 Å². The van der Waals surface area contributed by atoms with Gasteiger partial charge in [0, 0.05) is 45.5 Å². The van der Waals surface area contributed by atoms with Crippen molar-refractivity contribution in [1.82, 2.24) is 20.9 Å². The molecular formula is C27H43FN4O3. The van der Waals surface area contributed by atoms with Crippen molar-refractivity contribution in [3.63, 3.8) is 0 Å². The van der Waals surface area contributed by atoms with Crippen LogP contribution in [0.15, 0.2) is 18.2 Å². The molecule has 1 heterocycles. The van der Waals surface area contributed by atoms with E-state index < -0.39 is 5.54 Å². The van der Waals surface area contributed by atoms with Gasteiger partial charge in [-0.25, -0.2) is 9.18 Å². The van der Waals surface area contributed by atoms with Gasteiger partial charge in [-0.15, -0.1) is 0 Å². The van der Waals surface area contributed by atoms with E-state index in [2.05, 4.69) is 16.0 Å². The van der Waals surface area contributed by atoms with Gasteiger partial charge in [0.25, 0.3) is 5.91 Å². The number of rotatable bonds is 13. The quantitative estimate of drug-likeness (QED) is 0.363. The highest BCUT2D eigenvalue weighted by Gasteiger charge is 2.42. The van der Waals surface area contributed by atoms with Gasteiger partial charge in [-0.05, 0) is 68.8 Å². The molecule has 7 nitrogen and oxygen atoms in total. The number of methoxy groups -OCH3 is 1. The highest BCUT2D eigenvalue weighted by molar-refractivity contribution is 6.00. The number of benzene rings is 1. The van der Waals surface area contributed by atoms with Crippen LogP contribution in [0.25, 0.3) is 0 Å². The predicted molar refractivity (Wildman–Crippen MR) is 136 cm³/mol. The minimum absolute atomic E-state index is 0.0852. The highest BCUT2D eigenvalue weighted by Crippen LogP contribution is 2.39. The van der Waals surface area contributed by atoms with Crippen LogP contribution >= 0.6 is 0 Å². The van der Waals surface area contributed by atoms with Crippen molar-refractivity contribution in [3.8, 4) is 0 Å². The molecular weight excluding hydrogens is 447 g/mol. The molecule has 1 aliphatic carbocycles. The number of carbonyl (C=O) groups excluding carboxylic acids is 2. The van der Waals surface area contributed by atoms with Gasteiger partial charge in [-0.3, -0.25) is 4.79 Å². The number of hydrogen-bond donors (Lipinski definition) is 3. The van der Waals surface area contributed by atoms with Crippen LogP contribution in [-0.2, 0) is 10.3 Å². The first-order valence-corrected chi connectivity index (χ1v) is 13.2. The smallest absolute Gasteiger partial charge is 0.317 e. The maximum atomic E-state index is 14.2. The molecule has 0 bridgehead atoms. The lowest BCUT2D eigenvalue weighted by molar-refractivity contribution is 0.0914. The Morgan fingerprint density at radius 3 is 2.74 bits per heavy atom. The second-order valence-corrected chi connectivity index (χ2v) is 10.3. The molecule has 3 N–H and O–H groups in total. The van der Waals surface area contributed by atoms with Crippen molar-refractivity contribution < 1.29 is 18.7 Å². The SMILES string of the molecule is CNC[C@H](CC1CCCCC1)NC(=O)N(C)CC[C@@]1(CCCCOC)NC(=O)c2ccc(F)cc21. The zero-order chi connectivity index (χ0) is 25.3. The van der Waals surface area contributed by atoms with Gasteiger partial charge in [0.2, 0.25) is 0 Å². The third-order valence-electron chi connectivity index (χ3n) is 7.64. The van der Waals surface area contributed by atoms with Crippen LogP contribution in [0.3, 0.4) is 0 Å². The summed E-state index contributed by atoms with van der Waals surface area (Å²) in [5.41, 5.74) is 0.523. The molecule has 0 radical (unpaired) electrons.